The minimum absolute atomic E-state index is 0.203. The van der Waals surface area contributed by atoms with Crippen molar-refractivity contribution in [2.75, 3.05) is 6.61 Å². The van der Waals surface area contributed by atoms with Crippen molar-refractivity contribution >= 4 is 34.1 Å². The first-order valence-corrected chi connectivity index (χ1v) is 5.81. The molecule has 0 amide bonds. The largest absolute Gasteiger partial charge is 0.457 e. The summed E-state index contributed by atoms with van der Waals surface area (Å²) in [6.45, 7) is 4.52. The lowest BCUT2D eigenvalue weighted by molar-refractivity contribution is -0.134. The first kappa shape index (κ1) is 10.7. The quantitative estimate of drug-likeness (QED) is 0.588. The minimum atomic E-state index is -0.203. The van der Waals surface area contributed by atoms with Gasteiger partial charge in [-0.3, -0.25) is 0 Å². The Labute approximate surface area is 102 Å². The maximum Gasteiger partial charge on any atom is 0.345 e. The van der Waals surface area contributed by atoms with Crippen molar-refractivity contribution in [2.45, 2.75) is 13.8 Å². The third-order valence-electron chi connectivity index (χ3n) is 2.50. The van der Waals surface area contributed by atoms with Gasteiger partial charge in [-0.15, -0.1) is 0 Å². The van der Waals surface area contributed by atoms with Crippen LogP contribution in [0.15, 0.2) is 21.8 Å². The standard InChI is InChI=1S/C12H11IO2/c1-7-3-4-9(8(2)5-7)10-6-15-12(14)11(10)13/h3-5H,6H2,1-2H3. The van der Waals surface area contributed by atoms with Crippen molar-refractivity contribution < 1.29 is 9.53 Å². The van der Waals surface area contributed by atoms with E-state index in [1.807, 2.05) is 0 Å². The normalized spacial score (nSPS) is 15.8. The molecule has 0 N–H and O–H groups in total. The zero-order valence-corrected chi connectivity index (χ0v) is 10.8. The van der Waals surface area contributed by atoms with E-state index in [0.717, 1.165) is 11.1 Å². The Morgan fingerprint density at radius 1 is 1.33 bits per heavy atom. The monoisotopic (exact) mass is 314 g/mol. The van der Waals surface area contributed by atoms with E-state index >= 15 is 0 Å². The topological polar surface area (TPSA) is 26.3 Å². The van der Waals surface area contributed by atoms with Gasteiger partial charge in [0, 0.05) is 5.57 Å². The lowest BCUT2D eigenvalue weighted by Crippen LogP contribution is -1.93. The molecule has 0 unspecified atom stereocenters. The molecule has 78 valence electrons. The van der Waals surface area contributed by atoms with Crippen LogP contribution in [-0.4, -0.2) is 12.6 Å². The number of hydrogen-bond acceptors (Lipinski definition) is 2. The highest BCUT2D eigenvalue weighted by Gasteiger charge is 2.24. The lowest BCUT2D eigenvalue weighted by atomic mass is 9.99. The fourth-order valence-corrected chi connectivity index (χ4v) is 2.34. The SMILES string of the molecule is Cc1ccc(C2=C(I)C(=O)OC2)c(C)c1. The summed E-state index contributed by atoms with van der Waals surface area (Å²) in [5, 5.41) is 0. The van der Waals surface area contributed by atoms with Crippen LogP contribution in [0, 0.1) is 13.8 Å². The van der Waals surface area contributed by atoms with Crippen molar-refractivity contribution in [2.24, 2.45) is 0 Å². The summed E-state index contributed by atoms with van der Waals surface area (Å²) >= 11 is 2.05. The van der Waals surface area contributed by atoms with Crippen LogP contribution in [0.5, 0.6) is 0 Å². The van der Waals surface area contributed by atoms with Gasteiger partial charge in [-0.2, -0.15) is 0 Å². The molecular formula is C12H11IO2. The minimum Gasteiger partial charge on any atom is -0.457 e. The highest BCUT2D eigenvalue weighted by molar-refractivity contribution is 14.1. The fourth-order valence-electron chi connectivity index (χ4n) is 1.74. The van der Waals surface area contributed by atoms with Crippen LogP contribution in [0.2, 0.25) is 0 Å². The van der Waals surface area contributed by atoms with Crippen molar-refractivity contribution in [3.05, 3.63) is 38.5 Å². The molecule has 1 aliphatic rings. The number of ether oxygens (including phenoxy) is 1. The fraction of sp³-hybridized carbons (Fsp3) is 0.250. The Morgan fingerprint density at radius 3 is 2.60 bits per heavy atom. The Balaban J connectivity index is 2.51. The number of benzene rings is 1. The number of carbonyl (C=O) groups excluding carboxylic acids is 1. The molecule has 0 radical (unpaired) electrons. The Kier molecular flexibility index (Phi) is 2.82. The zero-order valence-electron chi connectivity index (χ0n) is 8.63. The third kappa shape index (κ3) is 1.93. The van der Waals surface area contributed by atoms with Crippen molar-refractivity contribution in [1.29, 1.82) is 0 Å². The van der Waals surface area contributed by atoms with Crippen LogP contribution in [0.4, 0.5) is 0 Å². The molecule has 0 saturated carbocycles. The van der Waals surface area contributed by atoms with Crippen LogP contribution >= 0.6 is 22.6 Å². The van der Waals surface area contributed by atoms with E-state index in [-0.39, 0.29) is 5.97 Å². The van der Waals surface area contributed by atoms with Crippen LogP contribution in [0.25, 0.3) is 5.57 Å². The summed E-state index contributed by atoms with van der Waals surface area (Å²) in [6, 6.07) is 6.23. The summed E-state index contributed by atoms with van der Waals surface area (Å²) in [4.78, 5) is 11.2. The number of carbonyl (C=O) groups is 1. The predicted octanol–water partition coefficient (Wildman–Crippen LogP) is 3.01. The molecule has 0 bridgehead atoms. The molecular weight excluding hydrogens is 303 g/mol. The maximum absolute atomic E-state index is 11.2. The number of aryl methyl sites for hydroxylation is 2. The van der Waals surface area contributed by atoms with Gasteiger partial charge in [0.05, 0.1) is 0 Å². The molecule has 2 rings (SSSR count). The molecule has 1 aliphatic heterocycles. The van der Waals surface area contributed by atoms with Crippen molar-refractivity contribution in [1.82, 2.24) is 0 Å². The molecule has 2 nitrogen and oxygen atoms in total. The second kappa shape index (κ2) is 3.96. The highest BCUT2D eigenvalue weighted by atomic mass is 127. The van der Waals surface area contributed by atoms with E-state index in [4.69, 9.17) is 4.74 Å². The lowest BCUT2D eigenvalue weighted by Gasteiger charge is -2.06. The van der Waals surface area contributed by atoms with Crippen LogP contribution in [0.3, 0.4) is 0 Å². The average Bonchev–Trinajstić information content (AvgIpc) is 2.49. The number of rotatable bonds is 1. The number of esters is 1. The molecule has 0 aromatic heterocycles. The summed E-state index contributed by atoms with van der Waals surface area (Å²) in [6.07, 6.45) is 0. The molecule has 0 aliphatic carbocycles. The number of cyclic esters (lactones) is 1. The van der Waals surface area contributed by atoms with E-state index in [0.29, 0.717) is 10.2 Å². The molecule has 3 heteroatoms. The van der Waals surface area contributed by atoms with E-state index in [2.05, 4.69) is 54.6 Å². The number of halogens is 1. The molecule has 15 heavy (non-hydrogen) atoms. The van der Waals surface area contributed by atoms with E-state index in [1.54, 1.807) is 0 Å². The highest BCUT2D eigenvalue weighted by Crippen LogP contribution is 2.31. The predicted molar refractivity (Wildman–Crippen MR) is 67.8 cm³/mol. The Morgan fingerprint density at radius 2 is 2.07 bits per heavy atom. The van der Waals surface area contributed by atoms with Gasteiger partial charge >= 0.3 is 5.97 Å². The average molecular weight is 314 g/mol. The Bertz CT molecular complexity index is 461. The van der Waals surface area contributed by atoms with Crippen molar-refractivity contribution in [3.63, 3.8) is 0 Å². The van der Waals surface area contributed by atoms with Gasteiger partial charge in [-0.1, -0.05) is 23.8 Å². The van der Waals surface area contributed by atoms with Gasteiger partial charge in [-0.25, -0.2) is 4.79 Å². The van der Waals surface area contributed by atoms with Crippen LogP contribution in [0.1, 0.15) is 16.7 Å². The molecule has 0 saturated heterocycles. The van der Waals surface area contributed by atoms with Crippen molar-refractivity contribution in [3.8, 4) is 0 Å². The summed E-state index contributed by atoms with van der Waals surface area (Å²) in [7, 11) is 0. The van der Waals surface area contributed by atoms with Gasteiger partial charge < -0.3 is 4.74 Å². The van der Waals surface area contributed by atoms with Gasteiger partial charge in [0.15, 0.2) is 0 Å². The van der Waals surface area contributed by atoms with Crippen LogP contribution in [-0.2, 0) is 9.53 Å². The molecule has 0 fully saturated rings. The second-order valence-electron chi connectivity index (χ2n) is 3.69. The third-order valence-corrected chi connectivity index (χ3v) is 3.59. The molecule has 1 heterocycles. The smallest absolute Gasteiger partial charge is 0.345 e. The first-order chi connectivity index (χ1) is 7.09. The molecule has 0 atom stereocenters. The van der Waals surface area contributed by atoms with Gasteiger partial charge in [0.25, 0.3) is 0 Å². The Hall–Kier alpha value is -0.840. The summed E-state index contributed by atoms with van der Waals surface area (Å²) in [5.74, 6) is -0.203. The van der Waals surface area contributed by atoms with Gasteiger partial charge in [0.2, 0.25) is 0 Å². The molecule has 1 aromatic carbocycles. The van der Waals surface area contributed by atoms with E-state index in [1.165, 1.54) is 11.1 Å². The van der Waals surface area contributed by atoms with E-state index < -0.39 is 0 Å². The summed E-state index contributed by atoms with van der Waals surface area (Å²) in [5.41, 5.74) is 4.56. The summed E-state index contributed by atoms with van der Waals surface area (Å²) < 4.78 is 5.70. The van der Waals surface area contributed by atoms with Gasteiger partial charge in [0.1, 0.15) is 10.2 Å². The van der Waals surface area contributed by atoms with Crippen LogP contribution < -0.4 is 0 Å². The second-order valence-corrected chi connectivity index (χ2v) is 4.77. The van der Waals surface area contributed by atoms with E-state index in [9.17, 15) is 4.79 Å². The molecule has 1 aromatic rings. The first-order valence-electron chi connectivity index (χ1n) is 4.73. The molecule has 0 spiro atoms. The van der Waals surface area contributed by atoms with Gasteiger partial charge in [-0.05, 0) is 47.6 Å². The zero-order chi connectivity index (χ0) is 11.0. The maximum atomic E-state index is 11.2. The number of hydrogen-bond donors (Lipinski definition) is 0.